The zero-order chi connectivity index (χ0) is 22.1. The molecule has 7 heteroatoms. The Bertz CT molecular complexity index is 879. The van der Waals surface area contributed by atoms with E-state index in [-0.39, 0.29) is 11.9 Å². The van der Waals surface area contributed by atoms with E-state index < -0.39 is 0 Å². The van der Waals surface area contributed by atoms with Crippen LogP contribution in [0.15, 0.2) is 48.5 Å². The molecule has 0 spiro atoms. The number of rotatable bonds is 9. The molecule has 1 fully saturated rings. The van der Waals surface area contributed by atoms with E-state index in [2.05, 4.69) is 10.2 Å². The fourth-order valence-electron chi connectivity index (χ4n) is 3.53. The molecule has 1 heterocycles. The van der Waals surface area contributed by atoms with Gasteiger partial charge in [-0.15, -0.1) is 0 Å². The highest BCUT2D eigenvalue weighted by atomic mass is 16.5. The number of benzene rings is 2. The van der Waals surface area contributed by atoms with Gasteiger partial charge in [-0.1, -0.05) is 30.3 Å². The molecule has 0 aromatic heterocycles. The number of methoxy groups -OCH3 is 3. The molecule has 0 radical (unpaired) electrons. The zero-order valence-electron chi connectivity index (χ0n) is 18.3. The summed E-state index contributed by atoms with van der Waals surface area (Å²) in [7, 11) is 4.71. The van der Waals surface area contributed by atoms with Crippen molar-refractivity contribution in [3.05, 3.63) is 59.7 Å². The summed E-state index contributed by atoms with van der Waals surface area (Å²) >= 11 is 0. The minimum absolute atomic E-state index is 0.122. The summed E-state index contributed by atoms with van der Waals surface area (Å²) in [5.74, 6) is 1.54. The fraction of sp³-hybridized carbons (Fsp3) is 0.375. The van der Waals surface area contributed by atoms with Gasteiger partial charge in [-0.3, -0.25) is 9.69 Å². The summed E-state index contributed by atoms with van der Waals surface area (Å²) in [5, 5.41) is 3.13. The van der Waals surface area contributed by atoms with Gasteiger partial charge in [0.15, 0.2) is 11.5 Å². The lowest BCUT2D eigenvalue weighted by Crippen LogP contribution is -2.42. The molecule has 0 aliphatic carbocycles. The first kappa shape index (κ1) is 22.7. The number of hydrogen-bond donors (Lipinski definition) is 1. The SMILES string of the molecule is COc1cc(OC)c(OC)cc1/C=C/C(=O)N[C@@H](CN1CCOCC1)c1ccccc1. The maximum Gasteiger partial charge on any atom is 0.244 e. The molecule has 0 unspecified atom stereocenters. The smallest absolute Gasteiger partial charge is 0.244 e. The predicted octanol–water partition coefficient (Wildman–Crippen LogP) is 2.92. The Morgan fingerprint density at radius 2 is 1.68 bits per heavy atom. The highest BCUT2D eigenvalue weighted by molar-refractivity contribution is 5.92. The molecule has 0 bridgehead atoms. The Kier molecular flexibility index (Phi) is 8.32. The highest BCUT2D eigenvalue weighted by Gasteiger charge is 2.19. The standard InChI is InChI=1S/C24H30N2O5/c1-28-21-16-23(30-3)22(29-2)15-19(21)9-10-24(27)25-20(18-7-5-4-6-8-18)17-26-11-13-31-14-12-26/h4-10,15-16,20H,11-14,17H2,1-3H3,(H,25,27)/b10-9+/t20-/m0/s1. The summed E-state index contributed by atoms with van der Waals surface area (Å²) in [6, 6.07) is 13.4. The molecule has 3 rings (SSSR count). The molecule has 2 aromatic rings. The largest absolute Gasteiger partial charge is 0.496 e. The molecule has 0 saturated carbocycles. The van der Waals surface area contributed by atoms with E-state index in [0.717, 1.165) is 30.8 Å². The number of morpholine rings is 1. The predicted molar refractivity (Wildman–Crippen MR) is 120 cm³/mol. The molecule has 1 saturated heterocycles. The lowest BCUT2D eigenvalue weighted by atomic mass is 10.1. The molecule has 1 amide bonds. The van der Waals surface area contributed by atoms with Gasteiger partial charge in [0.25, 0.3) is 0 Å². The molecular formula is C24H30N2O5. The third-order valence-electron chi connectivity index (χ3n) is 5.21. The molecule has 166 valence electrons. The summed E-state index contributed by atoms with van der Waals surface area (Å²) in [6.45, 7) is 3.88. The fourth-order valence-corrected chi connectivity index (χ4v) is 3.53. The third kappa shape index (κ3) is 6.23. The van der Waals surface area contributed by atoms with E-state index in [1.165, 1.54) is 6.08 Å². The van der Waals surface area contributed by atoms with Crippen LogP contribution in [0.2, 0.25) is 0 Å². The van der Waals surface area contributed by atoms with Gasteiger partial charge in [0.2, 0.25) is 5.91 Å². The molecule has 1 aliphatic rings. The average Bonchev–Trinajstić information content (AvgIpc) is 2.82. The number of carbonyl (C=O) groups is 1. The second-order valence-corrected chi connectivity index (χ2v) is 7.17. The maximum absolute atomic E-state index is 12.8. The lowest BCUT2D eigenvalue weighted by molar-refractivity contribution is -0.117. The molecule has 1 aliphatic heterocycles. The van der Waals surface area contributed by atoms with Crippen LogP contribution in [0.3, 0.4) is 0 Å². The number of nitrogens with one attached hydrogen (secondary N) is 1. The van der Waals surface area contributed by atoms with Crippen LogP contribution in [0.25, 0.3) is 6.08 Å². The van der Waals surface area contributed by atoms with Crippen molar-refractivity contribution < 1.29 is 23.7 Å². The molecule has 1 N–H and O–H groups in total. The Hall–Kier alpha value is -3.03. The molecule has 7 nitrogen and oxygen atoms in total. The minimum atomic E-state index is -0.182. The zero-order valence-corrected chi connectivity index (χ0v) is 18.3. The molecule has 1 atom stereocenters. The number of ether oxygens (including phenoxy) is 4. The van der Waals surface area contributed by atoms with E-state index in [1.54, 1.807) is 39.5 Å². The Balaban J connectivity index is 1.75. The van der Waals surface area contributed by atoms with Crippen molar-refractivity contribution in [3.8, 4) is 17.2 Å². The van der Waals surface area contributed by atoms with Gasteiger partial charge >= 0.3 is 0 Å². The Morgan fingerprint density at radius 3 is 2.32 bits per heavy atom. The number of amides is 1. The van der Waals surface area contributed by atoms with Crippen molar-refractivity contribution in [3.63, 3.8) is 0 Å². The maximum atomic E-state index is 12.8. The van der Waals surface area contributed by atoms with E-state index in [1.807, 2.05) is 30.3 Å². The quantitative estimate of drug-likeness (QED) is 0.622. The summed E-state index contributed by atoms with van der Waals surface area (Å²) in [6.07, 6.45) is 3.23. The Morgan fingerprint density at radius 1 is 1.03 bits per heavy atom. The average molecular weight is 427 g/mol. The topological polar surface area (TPSA) is 69.3 Å². The van der Waals surface area contributed by atoms with Crippen LogP contribution >= 0.6 is 0 Å². The van der Waals surface area contributed by atoms with Gasteiger partial charge in [-0.25, -0.2) is 0 Å². The van der Waals surface area contributed by atoms with Crippen LogP contribution in [0.4, 0.5) is 0 Å². The van der Waals surface area contributed by atoms with Crippen molar-refractivity contribution in [1.82, 2.24) is 10.2 Å². The van der Waals surface area contributed by atoms with Gasteiger partial charge in [-0.2, -0.15) is 0 Å². The first-order valence-corrected chi connectivity index (χ1v) is 10.3. The van der Waals surface area contributed by atoms with Crippen LogP contribution in [-0.2, 0) is 9.53 Å². The molecule has 2 aromatic carbocycles. The normalized spacial score (nSPS) is 15.5. The Labute approximate surface area is 183 Å². The van der Waals surface area contributed by atoms with Crippen LogP contribution in [-0.4, -0.2) is 65.0 Å². The van der Waals surface area contributed by atoms with Crippen molar-refractivity contribution in [2.24, 2.45) is 0 Å². The van der Waals surface area contributed by atoms with Gasteiger partial charge in [0.1, 0.15) is 5.75 Å². The third-order valence-corrected chi connectivity index (χ3v) is 5.21. The van der Waals surface area contributed by atoms with E-state index >= 15 is 0 Å². The number of nitrogens with zero attached hydrogens (tertiary/aromatic N) is 1. The van der Waals surface area contributed by atoms with E-state index in [0.29, 0.717) is 30.5 Å². The summed E-state index contributed by atoms with van der Waals surface area (Å²) in [5.41, 5.74) is 1.79. The van der Waals surface area contributed by atoms with Gasteiger partial charge in [0.05, 0.1) is 40.6 Å². The monoisotopic (exact) mass is 426 g/mol. The van der Waals surface area contributed by atoms with E-state index in [9.17, 15) is 4.79 Å². The van der Waals surface area contributed by atoms with Gasteiger partial charge in [-0.05, 0) is 17.7 Å². The number of hydrogen-bond acceptors (Lipinski definition) is 6. The minimum Gasteiger partial charge on any atom is -0.496 e. The van der Waals surface area contributed by atoms with Crippen LogP contribution in [0.1, 0.15) is 17.2 Å². The first-order chi connectivity index (χ1) is 15.1. The summed E-state index contributed by atoms with van der Waals surface area (Å²) < 4.78 is 21.5. The van der Waals surface area contributed by atoms with Gasteiger partial charge < -0.3 is 24.3 Å². The molecular weight excluding hydrogens is 396 g/mol. The summed E-state index contributed by atoms with van der Waals surface area (Å²) in [4.78, 5) is 15.1. The van der Waals surface area contributed by atoms with Crippen molar-refractivity contribution >= 4 is 12.0 Å². The van der Waals surface area contributed by atoms with Crippen LogP contribution in [0.5, 0.6) is 17.2 Å². The van der Waals surface area contributed by atoms with Crippen molar-refractivity contribution in [2.75, 3.05) is 54.2 Å². The second-order valence-electron chi connectivity index (χ2n) is 7.17. The van der Waals surface area contributed by atoms with Crippen LogP contribution in [0, 0.1) is 0 Å². The highest BCUT2D eigenvalue weighted by Crippen LogP contribution is 2.35. The van der Waals surface area contributed by atoms with E-state index in [4.69, 9.17) is 18.9 Å². The first-order valence-electron chi connectivity index (χ1n) is 10.3. The van der Waals surface area contributed by atoms with Crippen molar-refractivity contribution in [2.45, 2.75) is 6.04 Å². The van der Waals surface area contributed by atoms with Gasteiger partial charge in [0, 0.05) is 37.3 Å². The van der Waals surface area contributed by atoms with Crippen molar-refractivity contribution in [1.29, 1.82) is 0 Å². The second kappa shape index (κ2) is 11.4. The lowest BCUT2D eigenvalue weighted by Gasteiger charge is -2.31. The molecule has 31 heavy (non-hydrogen) atoms. The van der Waals surface area contributed by atoms with Crippen LogP contribution < -0.4 is 19.5 Å². The number of carbonyl (C=O) groups excluding carboxylic acids is 1.